The second-order valence-corrected chi connectivity index (χ2v) is 4.46. The molecule has 98 valence electrons. The largest absolute Gasteiger partial charge is 0.397 e. The summed E-state index contributed by atoms with van der Waals surface area (Å²) in [6.07, 6.45) is 0. The number of anilines is 2. The van der Waals surface area contributed by atoms with Gasteiger partial charge in [-0.2, -0.15) is 0 Å². The fraction of sp³-hybridized carbons (Fsp3) is 0.417. The summed E-state index contributed by atoms with van der Waals surface area (Å²) in [5, 5.41) is 3.51. The molecule has 0 unspecified atom stereocenters. The highest BCUT2D eigenvalue weighted by Gasteiger charge is 2.16. The van der Waals surface area contributed by atoms with E-state index < -0.39 is 0 Å². The van der Waals surface area contributed by atoms with Crippen LogP contribution in [0.15, 0.2) is 18.2 Å². The lowest BCUT2D eigenvalue weighted by molar-refractivity contribution is -0.133. The van der Waals surface area contributed by atoms with Crippen LogP contribution in [0.3, 0.4) is 0 Å². The van der Waals surface area contributed by atoms with Gasteiger partial charge in [0, 0.05) is 13.1 Å². The van der Waals surface area contributed by atoms with Gasteiger partial charge >= 0.3 is 0 Å². The minimum atomic E-state index is 0.0256. The Morgan fingerprint density at radius 2 is 2.17 bits per heavy atom. The van der Waals surface area contributed by atoms with Crippen molar-refractivity contribution in [1.29, 1.82) is 0 Å². The van der Waals surface area contributed by atoms with E-state index in [-0.39, 0.29) is 12.5 Å². The fourth-order valence-corrected chi connectivity index (χ4v) is 2.06. The highest BCUT2D eigenvalue weighted by molar-refractivity contribution is 6.33. The van der Waals surface area contributed by atoms with Crippen LogP contribution in [-0.4, -0.2) is 43.7 Å². The number of amides is 1. The van der Waals surface area contributed by atoms with E-state index in [1.165, 1.54) is 0 Å². The van der Waals surface area contributed by atoms with Crippen LogP contribution < -0.4 is 11.1 Å². The first-order valence-corrected chi connectivity index (χ1v) is 6.19. The summed E-state index contributed by atoms with van der Waals surface area (Å²) in [5.74, 6) is 0.0256. The van der Waals surface area contributed by atoms with Crippen LogP contribution in [0.5, 0.6) is 0 Å². The molecule has 1 aromatic carbocycles. The number of halogens is 1. The average Bonchev–Trinajstić information content (AvgIpc) is 2.39. The van der Waals surface area contributed by atoms with Gasteiger partial charge in [-0.05, 0) is 12.1 Å². The molecule has 1 heterocycles. The van der Waals surface area contributed by atoms with E-state index in [1.54, 1.807) is 23.1 Å². The van der Waals surface area contributed by atoms with Crippen molar-refractivity contribution >= 4 is 28.9 Å². The number of carbonyl (C=O) groups excluding carboxylic acids is 1. The predicted octanol–water partition coefficient (Wildman–Crippen LogP) is 1.19. The molecule has 1 aliphatic heterocycles. The molecule has 5 nitrogen and oxygen atoms in total. The van der Waals surface area contributed by atoms with E-state index in [9.17, 15) is 4.79 Å². The van der Waals surface area contributed by atoms with Crippen molar-refractivity contribution in [2.75, 3.05) is 43.9 Å². The summed E-state index contributed by atoms with van der Waals surface area (Å²) in [5.41, 5.74) is 6.95. The van der Waals surface area contributed by atoms with Crippen molar-refractivity contribution in [1.82, 2.24) is 4.90 Å². The van der Waals surface area contributed by atoms with Gasteiger partial charge < -0.3 is 20.7 Å². The first-order chi connectivity index (χ1) is 8.68. The third-order valence-corrected chi connectivity index (χ3v) is 3.14. The molecule has 1 amide bonds. The molecule has 18 heavy (non-hydrogen) atoms. The van der Waals surface area contributed by atoms with Crippen LogP contribution in [-0.2, 0) is 9.53 Å². The summed E-state index contributed by atoms with van der Waals surface area (Å²) in [7, 11) is 0. The van der Waals surface area contributed by atoms with Gasteiger partial charge in [-0.25, -0.2) is 0 Å². The van der Waals surface area contributed by atoms with Crippen LogP contribution in [0.1, 0.15) is 0 Å². The fourth-order valence-electron chi connectivity index (χ4n) is 1.82. The van der Waals surface area contributed by atoms with Gasteiger partial charge in [0.1, 0.15) is 0 Å². The van der Waals surface area contributed by atoms with E-state index in [4.69, 9.17) is 22.1 Å². The molecule has 1 aromatic rings. The Bertz CT molecular complexity index is 413. The second-order valence-electron chi connectivity index (χ2n) is 4.05. The highest BCUT2D eigenvalue weighted by Crippen LogP contribution is 2.27. The van der Waals surface area contributed by atoms with Crippen molar-refractivity contribution in [3.05, 3.63) is 23.2 Å². The maximum absolute atomic E-state index is 11.9. The van der Waals surface area contributed by atoms with Crippen molar-refractivity contribution in [2.24, 2.45) is 0 Å². The Hall–Kier alpha value is -1.46. The van der Waals surface area contributed by atoms with E-state index in [1.807, 2.05) is 0 Å². The predicted molar refractivity (Wildman–Crippen MR) is 71.8 cm³/mol. The maximum atomic E-state index is 11.9. The number of ether oxygens (including phenoxy) is 1. The number of nitrogens with one attached hydrogen (secondary N) is 1. The SMILES string of the molecule is Nc1cccc(Cl)c1NCC(=O)N1CCOCC1. The molecular formula is C12H16ClN3O2. The molecule has 0 spiro atoms. The van der Waals surface area contributed by atoms with Gasteiger partial charge in [0.2, 0.25) is 5.91 Å². The Kier molecular flexibility index (Phi) is 4.28. The third kappa shape index (κ3) is 3.05. The van der Waals surface area contributed by atoms with Crippen LogP contribution in [0.25, 0.3) is 0 Å². The van der Waals surface area contributed by atoms with Crippen molar-refractivity contribution in [3.8, 4) is 0 Å². The van der Waals surface area contributed by atoms with Crippen LogP contribution >= 0.6 is 11.6 Å². The average molecular weight is 270 g/mol. The molecular weight excluding hydrogens is 254 g/mol. The Balaban J connectivity index is 1.92. The van der Waals surface area contributed by atoms with Gasteiger partial charge in [-0.1, -0.05) is 17.7 Å². The molecule has 0 aliphatic carbocycles. The molecule has 6 heteroatoms. The van der Waals surface area contributed by atoms with Crippen molar-refractivity contribution in [2.45, 2.75) is 0 Å². The number of nitrogens with zero attached hydrogens (tertiary/aromatic N) is 1. The van der Waals surface area contributed by atoms with Crippen LogP contribution in [0.2, 0.25) is 5.02 Å². The van der Waals surface area contributed by atoms with Crippen molar-refractivity contribution in [3.63, 3.8) is 0 Å². The standard InChI is InChI=1S/C12H16ClN3O2/c13-9-2-1-3-10(14)12(9)15-8-11(17)16-4-6-18-7-5-16/h1-3,15H,4-8,14H2. The third-order valence-electron chi connectivity index (χ3n) is 2.83. The zero-order valence-electron chi connectivity index (χ0n) is 9.99. The molecule has 0 saturated carbocycles. The Morgan fingerprint density at radius 3 is 2.83 bits per heavy atom. The molecule has 3 N–H and O–H groups in total. The molecule has 1 fully saturated rings. The molecule has 0 radical (unpaired) electrons. The zero-order chi connectivity index (χ0) is 13.0. The molecule has 1 saturated heterocycles. The van der Waals surface area contributed by atoms with Crippen LogP contribution in [0.4, 0.5) is 11.4 Å². The number of benzene rings is 1. The summed E-state index contributed by atoms with van der Waals surface area (Å²) in [6.45, 7) is 2.66. The summed E-state index contributed by atoms with van der Waals surface area (Å²) in [4.78, 5) is 13.7. The number of hydrogen-bond acceptors (Lipinski definition) is 4. The monoisotopic (exact) mass is 269 g/mol. The second kappa shape index (κ2) is 5.93. The highest BCUT2D eigenvalue weighted by atomic mass is 35.5. The molecule has 0 atom stereocenters. The quantitative estimate of drug-likeness (QED) is 0.809. The lowest BCUT2D eigenvalue weighted by atomic mass is 10.2. The van der Waals surface area contributed by atoms with E-state index in [0.29, 0.717) is 42.7 Å². The van der Waals surface area contributed by atoms with E-state index >= 15 is 0 Å². The summed E-state index contributed by atoms with van der Waals surface area (Å²) in [6, 6.07) is 5.25. The summed E-state index contributed by atoms with van der Waals surface area (Å²) >= 11 is 6.01. The number of carbonyl (C=O) groups is 1. The number of rotatable bonds is 3. The normalized spacial score (nSPS) is 15.5. The lowest BCUT2D eigenvalue weighted by Crippen LogP contribution is -2.43. The molecule has 1 aliphatic rings. The van der Waals surface area contributed by atoms with Gasteiger partial charge in [0.05, 0.1) is 36.2 Å². The van der Waals surface area contributed by atoms with Gasteiger partial charge in [-0.15, -0.1) is 0 Å². The number of nitrogens with two attached hydrogens (primary N) is 1. The van der Waals surface area contributed by atoms with Crippen LogP contribution in [0, 0.1) is 0 Å². The smallest absolute Gasteiger partial charge is 0.242 e. The number of morpholine rings is 1. The molecule has 0 aromatic heterocycles. The molecule has 0 bridgehead atoms. The minimum Gasteiger partial charge on any atom is -0.397 e. The lowest BCUT2D eigenvalue weighted by Gasteiger charge is -2.27. The van der Waals surface area contributed by atoms with Gasteiger partial charge in [0.15, 0.2) is 0 Å². The topological polar surface area (TPSA) is 67.6 Å². The Morgan fingerprint density at radius 1 is 1.44 bits per heavy atom. The van der Waals surface area contributed by atoms with E-state index in [2.05, 4.69) is 5.32 Å². The number of para-hydroxylation sites is 1. The minimum absolute atomic E-state index is 0.0256. The molecule has 2 rings (SSSR count). The van der Waals surface area contributed by atoms with Gasteiger partial charge in [0.25, 0.3) is 0 Å². The van der Waals surface area contributed by atoms with Crippen molar-refractivity contribution < 1.29 is 9.53 Å². The van der Waals surface area contributed by atoms with E-state index in [0.717, 1.165) is 0 Å². The maximum Gasteiger partial charge on any atom is 0.242 e. The summed E-state index contributed by atoms with van der Waals surface area (Å²) < 4.78 is 5.20. The van der Waals surface area contributed by atoms with Gasteiger partial charge in [-0.3, -0.25) is 4.79 Å². The Labute approximate surface area is 111 Å². The first kappa shape index (κ1) is 13.0. The number of hydrogen-bond donors (Lipinski definition) is 2. The zero-order valence-corrected chi connectivity index (χ0v) is 10.7. The first-order valence-electron chi connectivity index (χ1n) is 5.82. The number of nitrogen functional groups attached to an aromatic ring is 1.